The van der Waals surface area contributed by atoms with Crippen molar-refractivity contribution in [3.8, 4) is 0 Å². The van der Waals surface area contributed by atoms with Gasteiger partial charge in [0.25, 0.3) is 0 Å². The minimum Gasteiger partial charge on any atom is -1.00 e. The van der Waals surface area contributed by atoms with Crippen LogP contribution in [0.5, 0.6) is 0 Å². The Morgan fingerprint density at radius 2 is 2.04 bits per heavy atom. The lowest BCUT2D eigenvalue weighted by Gasteiger charge is -2.47. The predicted octanol–water partition coefficient (Wildman–Crippen LogP) is -2.46. The molecule has 2 atom stereocenters. The third kappa shape index (κ3) is 4.20. The fourth-order valence-corrected chi connectivity index (χ4v) is 4.62. The van der Waals surface area contributed by atoms with Gasteiger partial charge in [0.05, 0.1) is 11.8 Å². The van der Waals surface area contributed by atoms with E-state index < -0.39 is 5.12 Å². The van der Waals surface area contributed by atoms with Crippen LogP contribution in [-0.4, -0.2) is 32.6 Å². The van der Waals surface area contributed by atoms with Crippen molar-refractivity contribution in [3.63, 3.8) is 0 Å². The first kappa shape index (κ1) is 20.2. The van der Waals surface area contributed by atoms with Gasteiger partial charge in [-0.15, -0.1) is 11.8 Å². The molecule has 1 aromatic heterocycles. The first-order valence-electron chi connectivity index (χ1n) is 7.52. The van der Waals surface area contributed by atoms with Crippen molar-refractivity contribution in [2.45, 2.75) is 30.5 Å². The molecule has 2 amide bonds. The standard InChI is InChI=1S/C16H17N3O3S2.HI/c1-9(20)17-15-11(7-10-3-5-18(2)6-4-10)14(16(22)23)19-12(21)8-13(19)24-15;/h3-6,13,15H,7-8H2,1-2H3,(H-,17,20,22,23);1H/t13-,15?;/m1./s1. The van der Waals surface area contributed by atoms with Gasteiger partial charge < -0.3 is 29.3 Å². The monoisotopic (exact) mass is 491 g/mol. The normalized spacial score (nSPS) is 21.9. The molecule has 0 spiro atoms. The summed E-state index contributed by atoms with van der Waals surface area (Å²) in [6.45, 7) is 1.45. The highest BCUT2D eigenvalue weighted by molar-refractivity contribution is 8.01. The zero-order valence-corrected chi connectivity index (χ0v) is 17.6. The van der Waals surface area contributed by atoms with Crippen LogP contribution in [0.3, 0.4) is 0 Å². The summed E-state index contributed by atoms with van der Waals surface area (Å²) >= 11 is 5.46. The second kappa shape index (κ2) is 8.09. The molecule has 134 valence electrons. The number of β-lactam (4-membered cyclic amide) rings is 1. The highest BCUT2D eigenvalue weighted by Gasteiger charge is 2.47. The summed E-state index contributed by atoms with van der Waals surface area (Å²) in [6.07, 6.45) is 4.68. The maximum atomic E-state index is 12.1. The Hall–Kier alpha value is -1.07. The minimum absolute atomic E-state index is 0. The molecule has 1 fully saturated rings. The second-order valence-corrected chi connectivity index (χ2v) is 7.56. The Morgan fingerprint density at radius 3 is 2.56 bits per heavy atom. The van der Waals surface area contributed by atoms with Crippen molar-refractivity contribution < 1.29 is 42.9 Å². The van der Waals surface area contributed by atoms with E-state index in [-0.39, 0.29) is 46.5 Å². The summed E-state index contributed by atoms with van der Waals surface area (Å²) < 4.78 is 1.92. The lowest BCUT2D eigenvalue weighted by molar-refractivity contribution is -0.671. The van der Waals surface area contributed by atoms with Gasteiger partial charge in [-0.3, -0.25) is 19.3 Å². The zero-order valence-electron chi connectivity index (χ0n) is 13.7. The smallest absolute Gasteiger partial charge is 0.232 e. The summed E-state index contributed by atoms with van der Waals surface area (Å²) in [7, 11) is 1.92. The van der Waals surface area contributed by atoms with E-state index in [2.05, 4.69) is 17.9 Å². The molecule has 2 aliphatic heterocycles. The molecule has 2 aliphatic rings. The number of amides is 2. The SMILES string of the molecule is CC(=O)NC1S[C@@H]2CC(=O)N2C(C(=O)S)=C1Cc1cc[n+](C)cc1.[I-]. The van der Waals surface area contributed by atoms with Crippen molar-refractivity contribution >= 4 is 41.3 Å². The van der Waals surface area contributed by atoms with E-state index in [0.29, 0.717) is 24.1 Å². The summed E-state index contributed by atoms with van der Waals surface area (Å²) in [4.78, 5) is 37.1. The number of halogens is 1. The van der Waals surface area contributed by atoms with Crippen LogP contribution in [-0.2, 0) is 27.9 Å². The third-order valence-corrected chi connectivity index (χ3v) is 5.62. The van der Waals surface area contributed by atoms with Gasteiger partial charge in [-0.25, -0.2) is 4.57 Å². The summed E-state index contributed by atoms with van der Waals surface area (Å²) in [5.41, 5.74) is 2.02. The first-order valence-corrected chi connectivity index (χ1v) is 8.91. The second-order valence-electron chi connectivity index (χ2n) is 5.87. The number of carbonyl (C=O) groups is 3. The molecule has 1 aromatic rings. The van der Waals surface area contributed by atoms with E-state index in [4.69, 9.17) is 0 Å². The van der Waals surface area contributed by atoms with Crippen LogP contribution in [0.4, 0.5) is 0 Å². The fraction of sp³-hybridized carbons (Fsp3) is 0.375. The quantitative estimate of drug-likeness (QED) is 0.212. The van der Waals surface area contributed by atoms with Crippen LogP contribution < -0.4 is 33.9 Å². The molecule has 0 aliphatic carbocycles. The molecular weight excluding hydrogens is 473 g/mol. The van der Waals surface area contributed by atoms with Crippen molar-refractivity contribution in [3.05, 3.63) is 41.4 Å². The minimum atomic E-state index is -0.444. The average Bonchev–Trinajstić information content (AvgIpc) is 2.50. The molecule has 0 aromatic carbocycles. The number of thioether (sulfide) groups is 1. The number of pyridine rings is 1. The Bertz CT molecular complexity index is 751. The van der Waals surface area contributed by atoms with Gasteiger partial charge in [-0.05, 0) is 17.6 Å². The number of hydrogen-bond acceptors (Lipinski definition) is 4. The van der Waals surface area contributed by atoms with E-state index in [1.54, 1.807) is 0 Å². The fourth-order valence-electron chi connectivity index (χ4n) is 2.88. The van der Waals surface area contributed by atoms with Gasteiger partial charge in [0.15, 0.2) is 12.4 Å². The van der Waals surface area contributed by atoms with E-state index in [0.717, 1.165) is 5.56 Å². The lowest BCUT2D eigenvalue weighted by Crippen LogP contribution is -3.00. The van der Waals surface area contributed by atoms with Crippen LogP contribution in [0.2, 0.25) is 0 Å². The van der Waals surface area contributed by atoms with Crippen molar-refractivity contribution in [2.75, 3.05) is 0 Å². The Kier molecular flexibility index (Phi) is 6.55. The van der Waals surface area contributed by atoms with Gasteiger partial charge in [-0.1, -0.05) is 12.6 Å². The number of carbonyl (C=O) groups excluding carboxylic acids is 3. The molecule has 0 bridgehead atoms. The maximum Gasteiger partial charge on any atom is 0.232 e. The molecule has 6 nitrogen and oxygen atoms in total. The van der Waals surface area contributed by atoms with Gasteiger partial charge in [0.2, 0.25) is 16.9 Å². The Morgan fingerprint density at radius 1 is 1.40 bits per heavy atom. The lowest BCUT2D eigenvalue weighted by atomic mass is 10.0. The van der Waals surface area contributed by atoms with Crippen LogP contribution in [0.1, 0.15) is 18.9 Å². The van der Waals surface area contributed by atoms with Crippen molar-refractivity contribution in [1.29, 1.82) is 0 Å². The van der Waals surface area contributed by atoms with Gasteiger partial charge in [0, 0.05) is 19.1 Å². The molecule has 1 N–H and O–H groups in total. The zero-order chi connectivity index (χ0) is 17.4. The molecule has 0 saturated carbocycles. The number of hydrogen-bond donors (Lipinski definition) is 2. The molecule has 9 heteroatoms. The van der Waals surface area contributed by atoms with E-state index in [1.165, 1.54) is 23.6 Å². The molecule has 3 heterocycles. The van der Waals surface area contributed by atoms with E-state index in [9.17, 15) is 14.4 Å². The van der Waals surface area contributed by atoms with Crippen LogP contribution in [0, 0.1) is 0 Å². The highest BCUT2D eigenvalue weighted by Crippen LogP contribution is 2.44. The number of aryl methyl sites for hydroxylation is 1. The number of nitrogens with one attached hydrogen (secondary N) is 1. The number of fused-ring (bicyclic) bond motifs is 1. The molecular formula is C16H18IN3O3S2. The summed E-state index contributed by atoms with van der Waals surface area (Å²) in [5, 5.41) is 1.99. The predicted molar refractivity (Wildman–Crippen MR) is 92.8 cm³/mol. The molecule has 25 heavy (non-hydrogen) atoms. The molecule has 3 rings (SSSR count). The first-order chi connectivity index (χ1) is 11.4. The molecule has 1 saturated heterocycles. The Balaban J connectivity index is 0.00000225. The highest BCUT2D eigenvalue weighted by atomic mass is 127. The number of nitrogens with zero attached hydrogens (tertiary/aromatic N) is 2. The average molecular weight is 491 g/mol. The van der Waals surface area contributed by atoms with Crippen molar-refractivity contribution in [2.24, 2.45) is 7.05 Å². The largest absolute Gasteiger partial charge is 1.00 e. The number of thiol groups is 1. The molecule has 1 unspecified atom stereocenters. The van der Waals surface area contributed by atoms with Crippen LogP contribution in [0.25, 0.3) is 0 Å². The topological polar surface area (TPSA) is 70.4 Å². The number of rotatable bonds is 4. The summed E-state index contributed by atoms with van der Waals surface area (Å²) in [6, 6.07) is 3.90. The van der Waals surface area contributed by atoms with Gasteiger partial charge in [0.1, 0.15) is 18.1 Å². The van der Waals surface area contributed by atoms with E-state index in [1.807, 2.05) is 36.1 Å². The van der Waals surface area contributed by atoms with Gasteiger partial charge >= 0.3 is 0 Å². The van der Waals surface area contributed by atoms with E-state index >= 15 is 0 Å². The Labute approximate surface area is 172 Å². The van der Waals surface area contributed by atoms with Gasteiger partial charge in [-0.2, -0.15) is 0 Å². The summed E-state index contributed by atoms with van der Waals surface area (Å²) in [5.74, 6) is -0.252. The molecule has 0 radical (unpaired) electrons. The van der Waals surface area contributed by atoms with Crippen LogP contribution in [0.15, 0.2) is 35.8 Å². The van der Waals surface area contributed by atoms with Crippen LogP contribution >= 0.6 is 24.4 Å². The number of aromatic nitrogens is 1. The third-order valence-electron chi connectivity index (χ3n) is 4.04. The maximum absolute atomic E-state index is 12.1. The van der Waals surface area contributed by atoms with Crippen molar-refractivity contribution in [1.82, 2.24) is 10.2 Å².